The summed E-state index contributed by atoms with van der Waals surface area (Å²) in [4.78, 5) is 13.0. The molecule has 1 aromatic rings. The second-order valence-electron chi connectivity index (χ2n) is 4.74. The molecule has 0 aromatic heterocycles. The molecule has 0 heterocycles. The first kappa shape index (κ1) is 14.2. The molecule has 5 heteroatoms. The van der Waals surface area contributed by atoms with Gasteiger partial charge in [0.2, 0.25) is 0 Å². The van der Waals surface area contributed by atoms with Crippen LogP contribution >= 0.6 is 11.6 Å². The van der Waals surface area contributed by atoms with Crippen LogP contribution in [0.25, 0.3) is 0 Å². The molecule has 0 spiro atoms. The van der Waals surface area contributed by atoms with E-state index in [1.54, 1.807) is 13.2 Å². The quantitative estimate of drug-likeness (QED) is 0.868. The Balaban J connectivity index is 2.28. The lowest BCUT2D eigenvalue weighted by molar-refractivity contribution is 0.101. The van der Waals surface area contributed by atoms with Crippen LogP contribution in [0.4, 0.5) is 4.79 Å². The maximum Gasteiger partial charge on any atom is 0.408 e. The number of halogens is 1. The van der Waals surface area contributed by atoms with Gasteiger partial charge in [-0.05, 0) is 30.9 Å². The van der Waals surface area contributed by atoms with Gasteiger partial charge in [0.1, 0.15) is 0 Å². The average Bonchev–Trinajstić information content (AvgIpc) is 3.19. The largest absolute Gasteiger partial charge is 0.465 e. The van der Waals surface area contributed by atoms with Crippen molar-refractivity contribution in [2.24, 2.45) is 0 Å². The Bertz CT molecular complexity index is 448. The van der Waals surface area contributed by atoms with Gasteiger partial charge < -0.3 is 9.84 Å². The van der Waals surface area contributed by atoms with E-state index in [2.05, 4.69) is 0 Å². The maximum absolute atomic E-state index is 11.5. The summed E-state index contributed by atoms with van der Waals surface area (Å²) in [5.41, 5.74) is 0.857. The smallest absolute Gasteiger partial charge is 0.408 e. The number of rotatable bonds is 6. The van der Waals surface area contributed by atoms with Crippen molar-refractivity contribution in [3.8, 4) is 0 Å². The molecule has 0 bridgehead atoms. The molecule has 1 fully saturated rings. The minimum absolute atomic E-state index is 0.121. The molecule has 1 atom stereocenters. The van der Waals surface area contributed by atoms with Crippen LogP contribution in [0.5, 0.6) is 0 Å². The van der Waals surface area contributed by atoms with Crippen molar-refractivity contribution in [1.82, 2.24) is 4.90 Å². The van der Waals surface area contributed by atoms with Gasteiger partial charge in [-0.3, -0.25) is 4.90 Å². The van der Waals surface area contributed by atoms with E-state index in [1.807, 2.05) is 18.2 Å². The molecule has 19 heavy (non-hydrogen) atoms. The summed E-state index contributed by atoms with van der Waals surface area (Å²) >= 11 is 6.21. The van der Waals surface area contributed by atoms with Gasteiger partial charge in [0.15, 0.2) is 0 Å². The summed E-state index contributed by atoms with van der Waals surface area (Å²) in [5, 5.41) is 10.1. The molecule has 2 rings (SSSR count). The first-order valence-corrected chi connectivity index (χ1v) is 6.77. The lowest BCUT2D eigenvalue weighted by atomic mass is 10.0. The Kier molecular flexibility index (Phi) is 4.66. The average molecular weight is 284 g/mol. The number of nitrogens with zero attached hydrogens (tertiary/aromatic N) is 1. The monoisotopic (exact) mass is 283 g/mol. The number of ether oxygens (including phenoxy) is 1. The van der Waals surface area contributed by atoms with Crippen molar-refractivity contribution in [2.75, 3.05) is 13.7 Å². The lowest BCUT2D eigenvalue weighted by Crippen LogP contribution is -2.36. The third kappa shape index (κ3) is 3.39. The van der Waals surface area contributed by atoms with E-state index in [0.717, 1.165) is 18.4 Å². The predicted molar refractivity (Wildman–Crippen MR) is 73.6 cm³/mol. The molecule has 0 unspecified atom stereocenters. The van der Waals surface area contributed by atoms with E-state index in [-0.39, 0.29) is 12.1 Å². The normalized spacial score (nSPS) is 16.1. The van der Waals surface area contributed by atoms with Crippen LogP contribution in [0.1, 0.15) is 30.9 Å². The summed E-state index contributed by atoms with van der Waals surface area (Å²) < 4.78 is 5.10. The van der Waals surface area contributed by atoms with Crippen molar-refractivity contribution in [3.05, 3.63) is 34.9 Å². The Morgan fingerprint density at radius 3 is 2.74 bits per heavy atom. The Labute approximate surface area is 117 Å². The molecule has 1 aromatic carbocycles. The predicted octanol–water partition coefficient (Wildman–Crippen LogP) is 3.56. The number of hydrogen-bond acceptors (Lipinski definition) is 2. The van der Waals surface area contributed by atoms with Gasteiger partial charge in [-0.15, -0.1) is 0 Å². The van der Waals surface area contributed by atoms with Gasteiger partial charge >= 0.3 is 6.09 Å². The summed E-state index contributed by atoms with van der Waals surface area (Å²) in [5.74, 6) is 0. The zero-order chi connectivity index (χ0) is 13.8. The second-order valence-corrected chi connectivity index (χ2v) is 5.15. The number of carbonyl (C=O) groups is 1. The fourth-order valence-corrected chi connectivity index (χ4v) is 2.58. The standard InChI is InChI=1S/C14H18ClNO3/c1-19-9-8-13(11-4-2-3-5-12(11)15)16(14(17)18)10-6-7-10/h2-5,10,13H,6-9H2,1H3,(H,17,18)/t13-/m1/s1. The molecule has 1 N–H and O–H groups in total. The number of benzene rings is 1. The zero-order valence-corrected chi connectivity index (χ0v) is 11.6. The minimum atomic E-state index is -0.886. The molecule has 1 aliphatic rings. The zero-order valence-electron chi connectivity index (χ0n) is 10.9. The highest BCUT2D eigenvalue weighted by Gasteiger charge is 2.38. The fourth-order valence-electron chi connectivity index (χ4n) is 2.32. The number of methoxy groups -OCH3 is 1. The van der Waals surface area contributed by atoms with Crippen molar-refractivity contribution in [3.63, 3.8) is 0 Å². The SMILES string of the molecule is COCC[C@H](c1ccccc1Cl)N(C(=O)O)C1CC1. The minimum Gasteiger partial charge on any atom is -0.465 e. The molecule has 0 aliphatic heterocycles. The number of carboxylic acid groups (broad SMARTS) is 1. The van der Waals surface area contributed by atoms with Crippen LogP contribution in [0.15, 0.2) is 24.3 Å². The highest BCUT2D eigenvalue weighted by atomic mass is 35.5. The van der Waals surface area contributed by atoms with Gasteiger partial charge in [0.25, 0.3) is 0 Å². The summed E-state index contributed by atoms with van der Waals surface area (Å²) in [7, 11) is 1.62. The van der Waals surface area contributed by atoms with E-state index >= 15 is 0 Å². The van der Waals surface area contributed by atoms with Gasteiger partial charge in [0.05, 0.1) is 6.04 Å². The molecule has 0 radical (unpaired) electrons. The number of amides is 1. The molecule has 0 saturated heterocycles. The van der Waals surface area contributed by atoms with Crippen LogP contribution < -0.4 is 0 Å². The molecule has 1 aliphatic carbocycles. The van der Waals surface area contributed by atoms with Crippen LogP contribution in [-0.2, 0) is 4.74 Å². The topological polar surface area (TPSA) is 49.8 Å². The number of hydrogen-bond donors (Lipinski definition) is 1. The van der Waals surface area contributed by atoms with Gasteiger partial charge in [-0.25, -0.2) is 4.79 Å². The second kappa shape index (κ2) is 6.26. The van der Waals surface area contributed by atoms with Crippen molar-refractivity contribution in [2.45, 2.75) is 31.3 Å². The first-order valence-electron chi connectivity index (χ1n) is 6.39. The van der Waals surface area contributed by atoms with Crippen molar-refractivity contribution < 1.29 is 14.6 Å². The van der Waals surface area contributed by atoms with E-state index in [4.69, 9.17) is 16.3 Å². The van der Waals surface area contributed by atoms with E-state index in [9.17, 15) is 9.90 Å². The Hall–Kier alpha value is -1.26. The van der Waals surface area contributed by atoms with E-state index < -0.39 is 6.09 Å². The summed E-state index contributed by atoms with van der Waals surface area (Å²) in [6.07, 6.45) is 1.59. The highest BCUT2D eigenvalue weighted by molar-refractivity contribution is 6.31. The molecule has 4 nitrogen and oxygen atoms in total. The maximum atomic E-state index is 11.5. The lowest BCUT2D eigenvalue weighted by Gasteiger charge is -2.30. The summed E-state index contributed by atoms with van der Waals surface area (Å²) in [6, 6.07) is 7.30. The van der Waals surface area contributed by atoms with Gasteiger partial charge in [-0.1, -0.05) is 29.8 Å². The Morgan fingerprint density at radius 2 is 2.21 bits per heavy atom. The molecule has 1 saturated carbocycles. The van der Waals surface area contributed by atoms with E-state index in [0.29, 0.717) is 18.1 Å². The first-order chi connectivity index (χ1) is 9.15. The third-order valence-corrected chi connectivity index (χ3v) is 3.70. The van der Waals surface area contributed by atoms with Gasteiger partial charge in [-0.2, -0.15) is 0 Å². The van der Waals surface area contributed by atoms with Crippen LogP contribution in [-0.4, -0.2) is 35.9 Å². The van der Waals surface area contributed by atoms with Crippen molar-refractivity contribution >= 4 is 17.7 Å². The molecular formula is C14H18ClNO3. The Morgan fingerprint density at radius 1 is 1.53 bits per heavy atom. The third-order valence-electron chi connectivity index (χ3n) is 3.36. The van der Waals surface area contributed by atoms with Crippen LogP contribution in [0.2, 0.25) is 5.02 Å². The molecule has 1 amide bonds. The fraction of sp³-hybridized carbons (Fsp3) is 0.500. The van der Waals surface area contributed by atoms with E-state index in [1.165, 1.54) is 4.90 Å². The summed E-state index contributed by atoms with van der Waals surface area (Å²) in [6.45, 7) is 0.506. The molecule has 104 valence electrons. The molecular weight excluding hydrogens is 266 g/mol. The highest BCUT2D eigenvalue weighted by Crippen LogP contribution is 2.38. The van der Waals surface area contributed by atoms with Crippen LogP contribution in [0, 0.1) is 0 Å². The van der Waals surface area contributed by atoms with Crippen molar-refractivity contribution in [1.29, 1.82) is 0 Å². The van der Waals surface area contributed by atoms with Gasteiger partial charge in [0, 0.05) is 24.8 Å². The van der Waals surface area contributed by atoms with Crippen LogP contribution in [0.3, 0.4) is 0 Å².